The van der Waals surface area contributed by atoms with Crippen LogP contribution in [0.5, 0.6) is 0 Å². The van der Waals surface area contributed by atoms with E-state index in [1.165, 1.54) is 11.8 Å². The molecule has 1 atom stereocenters. The lowest BCUT2D eigenvalue weighted by molar-refractivity contribution is -0.152. The van der Waals surface area contributed by atoms with Crippen LogP contribution in [0.3, 0.4) is 0 Å². The van der Waals surface area contributed by atoms with Crippen molar-refractivity contribution < 1.29 is 14.3 Å². The largest absolute Gasteiger partial charge is 0.447 e. The van der Waals surface area contributed by atoms with Gasteiger partial charge in [-0.2, -0.15) is 5.10 Å². The van der Waals surface area contributed by atoms with Crippen LogP contribution < -0.4 is 5.32 Å². The third kappa shape index (κ3) is 4.46. The zero-order chi connectivity index (χ0) is 21.8. The van der Waals surface area contributed by atoms with E-state index in [0.29, 0.717) is 11.4 Å². The fourth-order valence-electron chi connectivity index (χ4n) is 3.41. The molecule has 1 heterocycles. The first-order valence-corrected chi connectivity index (χ1v) is 10.9. The van der Waals surface area contributed by atoms with Crippen molar-refractivity contribution in [3.63, 3.8) is 0 Å². The maximum Gasteiger partial charge on any atom is 0.303 e. The van der Waals surface area contributed by atoms with Crippen LogP contribution in [0.1, 0.15) is 18.6 Å². The van der Waals surface area contributed by atoms with Gasteiger partial charge in [0.15, 0.2) is 5.82 Å². The summed E-state index contributed by atoms with van der Waals surface area (Å²) in [6.45, 7) is 1.28. The molecular weight excluding hydrogens is 410 g/mol. The number of carbonyl (C=O) groups excluding carboxylic acids is 2. The summed E-state index contributed by atoms with van der Waals surface area (Å²) in [5.74, 6) is -0.614. The molecule has 0 saturated carbocycles. The van der Waals surface area contributed by atoms with Crippen LogP contribution >= 0.6 is 11.8 Å². The van der Waals surface area contributed by atoms with E-state index >= 15 is 0 Å². The van der Waals surface area contributed by atoms with Gasteiger partial charge in [0, 0.05) is 22.8 Å². The molecule has 0 aliphatic heterocycles. The van der Waals surface area contributed by atoms with E-state index in [-0.39, 0.29) is 0 Å². The number of fused-ring (bicyclic) bond motifs is 1. The van der Waals surface area contributed by atoms with Crippen LogP contribution in [0.25, 0.3) is 22.0 Å². The molecule has 2 N–H and O–H groups in total. The highest BCUT2D eigenvalue weighted by Crippen LogP contribution is 2.33. The van der Waals surface area contributed by atoms with Gasteiger partial charge in [0.25, 0.3) is 5.91 Å². The van der Waals surface area contributed by atoms with Gasteiger partial charge < -0.3 is 10.1 Å². The van der Waals surface area contributed by atoms with Crippen molar-refractivity contribution >= 4 is 40.4 Å². The molecule has 0 radical (unpaired) electrons. The quantitative estimate of drug-likeness (QED) is 0.324. The second-order valence-electron chi connectivity index (χ2n) is 6.92. The van der Waals surface area contributed by atoms with E-state index in [9.17, 15) is 9.59 Å². The SMILES string of the molecule is CSc1ccccc1-c1ccc2c(NC(=O)C(OC(C)=O)c3ccccc3)n[nH]c2c1. The summed E-state index contributed by atoms with van der Waals surface area (Å²) in [5, 5.41) is 10.8. The molecule has 1 aromatic heterocycles. The van der Waals surface area contributed by atoms with Gasteiger partial charge in [-0.15, -0.1) is 11.8 Å². The first kappa shape index (κ1) is 20.7. The number of nitrogens with one attached hydrogen (secondary N) is 2. The Balaban J connectivity index is 1.63. The van der Waals surface area contributed by atoms with Crippen LogP contribution in [-0.4, -0.2) is 28.3 Å². The number of esters is 1. The number of aromatic amines is 1. The topological polar surface area (TPSA) is 84.1 Å². The van der Waals surface area contributed by atoms with Crippen molar-refractivity contribution in [1.29, 1.82) is 0 Å². The van der Waals surface area contributed by atoms with E-state index in [4.69, 9.17) is 4.74 Å². The van der Waals surface area contributed by atoms with E-state index in [1.54, 1.807) is 36.0 Å². The Hall–Kier alpha value is -3.58. The monoisotopic (exact) mass is 431 g/mol. The molecule has 156 valence electrons. The van der Waals surface area contributed by atoms with Gasteiger partial charge >= 0.3 is 5.97 Å². The number of anilines is 1. The number of amides is 1. The first-order chi connectivity index (χ1) is 15.1. The predicted molar refractivity (Wildman–Crippen MR) is 123 cm³/mol. The van der Waals surface area contributed by atoms with Gasteiger partial charge in [-0.1, -0.05) is 54.6 Å². The van der Waals surface area contributed by atoms with Gasteiger partial charge in [-0.3, -0.25) is 14.7 Å². The van der Waals surface area contributed by atoms with Crippen LogP contribution in [0.4, 0.5) is 5.82 Å². The molecular formula is C24H21N3O3S. The number of aromatic nitrogens is 2. The number of hydrogen-bond acceptors (Lipinski definition) is 5. The minimum absolute atomic E-state index is 0.387. The smallest absolute Gasteiger partial charge is 0.303 e. The minimum atomic E-state index is -1.06. The van der Waals surface area contributed by atoms with E-state index in [0.717, 1.165) is 22.0 Å². The second kappa shape index (κ2) is 9.06. The molecule has 1 unspecified atom stereocenters. The molecule has 7 heteroatoms. The summed E-state index contributed by atoms with van der Waals surface area (Å²) in [4.78, 5) is 25.6. The molecule has 0 aliphatic rings. The predicted octanol–water partition coefficient (Wildman–Crippen LogP) is 5.19. The fourth-order valence-corrected chi connectivity index (χ4v) is 4.03. The third-order valence-corrected chi connectivity index (χ3v) is 5.64. The van der Waals surface area contributed by atoms with Crippen molar-refractivity contribution in [1.82, 2.24) is 10.2 Å². The Labute approximate surface area is 184 Å². The maximum atomic E-state index is 12.9. The summed E-state index contributed by atoms with van der Waals surface area (Å²) >= 11 is 1.69. The van der Waals surface area contributed by atoms with Gasteiger partial charge in [0.05, 0.1) is 5.52 Å². The molecule has 0 saturated heterocycles. The van der Waals surface area contributed by atoms with Crippen LogP contribution in [0.15, 0.2) is 77.7 Å². The van der Waals surface area contributed by atoms with Gasteiger partial charge in [0.1, 0.15) is 0 Å². The summed E-state index contributed by atoms with van der Waals surface area (Å²) in [7, 11) is 0. The van der Waals surface area contributed by atoms with Gasteiger partial charge in [0.2, 0.25) is 6.10 Å². The Kier molecular flexibility index (Phi) is 6.04. The van der Waals surface area contributed by atoms with Crippen molar-refractivity contribution in [2.24, 2.45) is 0 Å². The maximum absolute atomic E-state index is 12.9. The first-order valence-electron chi connectivity index (χ1n) is 9.71. The standard InChI is InChI=1S/C24H21N3O3S/c1-15(28)30-22(16-8-4-3-5-9-16)24(29)25-23-19-13-12-17(14-20(19)26-27-23)18-10-6-7-11-21(18)31-2/h3-14,22H,1-2H3,(H2,25,26,27,29). The summed E-state index contributed by atoms with van der Waals surface area (Å²) in [5.41, 5.74) is 3.58. The highest BCUT2D eigenvalue weighted by atomic mass is 32.2. The molecule has 0 bridgehead atoms. The number of hydrogen-bond donors (Lipinski definition) is 2. The zero-order valence-corrected chi connectivity index (χ0v) is 17.9. The molecule has 1 amide bonds. The Bertz CT molecular complexity index is 1240. The highest BCUT2D eigenvalue weighted by Gasteiger charge is 2.25. The molecule has 0 fully saturated rings. The molecule has 0 spiro atoms. The van der Waals surface area contributed by atoms with E-state index in [2.05, 4.69) is 27.6 Å². The third-order valence-electron chi connectivity index (χ3n) is 4.85. The summed E-state index contributed by atoms with van der Waals surface area (Å²) < 4.78 is 5.27. The fraction of sp³-hybridized carbons (Fsp3) is 0.125. The number of H-pyrrole nitrogens is 1. The number of rotatable bonds is 6. The number of ether oxygens (including phenoxy) is 1. The van der Waals surface area contributed by atoms with Gasteiger partial charge in [-0.25, -0.2) is 0 Å². The summed E-state index contributed by atoms with van der Waals surface area (Å²) in [6, 6.07) is 23.0. The lowest BCUT2D eigenvalue weighted by Gasteiger charge is -2.16. The molecule has 31 heavy (non-hydrogen) atoms. The molecule has 4 rings (SSSR count). The zero-order valence-electron chi connectivity index (χ0n) is 17.1. The van der Waals surface area contributed by atoms with Crippen molar-refractivity contribution in [3.8, 4) is 11.1 Å². The van der Waals surface area contributed by atoms with Gasteiger partial charge in [-0.05, 0) is 35.6 Å². The molecule has 0 aliphatic carbocycles. The molecule has 6 nitrogen and oxygen atoms in total. The van der Waals surface area contributed by atoms with Crippen LogP contribution in [-0.2, 0) is 14.3 Å². The average Bonchev–Trinajstić information content (AvgIpc) is 3.19. The number of carbonyl (C=O) groups is 2. The Morgan fingerprint density at radius 1 is 1.03 bits per heavy atom. The van der Waals surface area contributed by atoms with E-state index < -0.39 is 18.0 Å². The van der Waals surface area contributed by atoms with Crippen molar-refractivity contribution in [3.05, 3.63) is 78.4 Å². The normalized spacial score (nSPS) is 11.8. The number of nitrogens with zero attached hydrogens (tertiary/aromatic N) is 1. The summed E-state index contributed by atoms with van der Waals surface area (Å²) in [6.07, 6.45) is 0.992. The van der Waals surface area contributed by atoms with Crippen LogP contribution in [0, 0.1) is 0 Å². The minimum Gasteiger partial charge on any atom is -0.447 e. The number of thioether (sulfide) groups is 1. The van der Waals surface area contributed by atoms with Crippen LogP contribution in [0.2, 0.25) is 0 Å². The molecule has 3 aromatic carbocycles. The average molecular weight is 432 g/mol. The lowest BCUT2D eigenvalue weighted by atomic mass is 10.0. The highest BCUT2D eigenvalue weighted by molar-refractivity contribution is 7.98. The Morgan fingerprint density at radius 3 is 2.52 bits per heavy atom. The van der Waals surface area contributed by atoms with Crippen molar-refractivity contribution in [2.45, 2.75) is 17.9 Å². The number of benzene rings is 3. The lowest BCUT2D eigenvalue weighted by Crippen LogP contribution is -2.25. The molecule has 4 aromatic rings. The Morgan fingerprint density at radius 2 is 1.77 bits per heavy atom. The van der Waals surface area contributed by atoms with E-state index in [1.807, 2.05) is 42.7 Å². The second-order valence-corrected chi connectivity index (χ2v) is 7.77. The van der Waals surface area contributed by atoms with Crippen molar-refractivity contribution in [2.75, 3.05) is 11.6 Å².